The molecule has 90 valence electrons. The quantitative estimate of drug-likeness (QED) is 0.728. The molecule has 1 rings (SSSR count). The Bertz CT molecular complexity index is 163. The monoisotopic (exact) mass is 230 g/mol. The van der Waals surface area contributed by atoms with Gasteiger partial charge in [0.05, 0.1) is 0 Å². The highest BCUT2D eigenvalue weighted by atomic mass is 32.2. The number of rotatable bonds is 5. The second-order valence-corrected chi connectivity index (χ2v) is 7.00. The molecule has 0 aromatic carbocycles. The SMILES string of the molecule is CC(C)CNCCN1CC(C)SC(C)C1. The molecule has 1 fully saturated rings. The van der Waals surface area contributed by atoms with E-state index in [1.807, 2.05) is 0 Å². The zero-order valence-corrected chi connectivity index (χ0v) is 11.4. The molecule has 0 radical (unpaired) electrons. The van der Waals surface area contributed by atoms with E-state index in [1.54, 1.807) is 0 Å². The molecule has 0 aromatic heterocycles. The zero-order valence-electron chi connectivity index (χ0n) is 10.6. The summed E-state index contributed by atoms with van der Waals surface area (Å²) in [4.78, 5) is 2.60. The van der Waals surface area contributed by atoms with Crippen molar-refractivity contribution in [2.24, 2.45) is 5.92 Å². The van der Waals surface area contributed by atoms with Crippen molar-refractivity contribution in [1.82, 2.24) is 10.2 Å². The van der Waals surface area contributed by atoms with Crippen molar-refractivity contribution in [1.29, 1.82) is 0 Å². The van der Waals surface area contributed by atoms with E-state index in [0.717, 1.165) is 29.5 Å². The highest BCUT2D eigenvalue weighted by Crippen LogP contribution is 2.24. The smallest absolute Gasteiger partial charge is 0.0149 e. The normalized spacial score (nSPS) is 28.6. The molecular weight excluding hydrogens is 204 g/mol. The molecule has 2 nitrogen and oxygen atoms in total. The zero-order chi connectivity index (χ0) is 11.3. The van der Waals surface area contributed by atoms with Crippen molar-refractivity contribution < 1.29 is 0 Å². The third-order valence-corrected chi connectivity index (χ3v) is 3.88. The molecule has 1 aliphatic heterocycles. The van der Waals surface area contributed by atoms with Crippen LogP contribution in [0, 0.1) is 5.92 Å². The first-order valence-corrected chi connectivity index (χ1v) is 7.10. The van der Waals surface area contributed by atoms with Crippen LogP contribution in [0.2, 0.25) is 0 Å². The van der Waals surface area contributed by atoms with Crippen molar-refractivity contribution >= 4 is 11.8 Å². The Morgan fingerprint density at radius 3 is 2.40 bits per heavy atom. The molecule has 1 heterocycles. The second kappa shape index (κ2) is 6.77. The first-order valence-electron chi connectivity index (χ1n) is 6.16. The lowest BCUT2D eigenvalue weighted by Gasteiger charge is -2.34. The van der Waals surface area contributed by atoms with E-state index in [9.17, 15) is 0 Å². The molecule has 0 aliphatic carbocycles. The Labute approximate surface area is 99.2 Å². The first-order chi connectivity index (χ1) is 7.08. The third kappa shape index (κ3) is 5.79. The largest absolute Gasteiger partial charge is 0.315 e. The Hall–Kier alpha value is 0.270. The van der Waals surface area contributed by atoms with Gasteiger partial charge in [-0.15, -0.1) is 0 Å². The van der Waals surface area contributed by atoms with E-state index >= 15 is 0 Å². The molecule has 3 heteroatoms. The summed E-state index contributed by atoms with van der Waals surface area (Å²) in [5.41, 5.74) is 0. The molecule has 0 aromatic rings. The van der Waals surface area contributed by atoms with Gasteiger partial charge in [-0.3, -0.25) is 4.90 Å². The predicted molar refractivity (Wildman–Crippen MR) is 70.7 cm³/mol. The lowest BCUT2D eigenvalue weighted by atomic mass is 10.2. The molecule has 1 aliphatic rings. The molecule has 15 heavy (non-hydrogen) atoms. The Morgan fingerprint density at radius 1 is 1.27 bits per heavy atom. The van der Waals surface area contributed by atoms with Crippen LogP contribution < -0.4 is 5.32 Å². The summed E-state index contributed by atoms with van der Waals surface area (Å²) in [6.45, 7) is 15.2. The van der Waals surface area contributed by atoms with Crippen LogP contribution in [-0.2, 0) is 0 Å². The van der Waals surface area contributed by atoms with Gasteiger partial charge in [-0.25, -0.2) is 0 Å². The fourth-order valence-corrected chi connectivity index (χ4v) is 3.48. The molecular formula is C12H26N2S. The Morgan fingerprint density at radius 2 is 1.87 bits per heavy atom. The topological polar surface area (TPSA) is 15.3 Å². The van der Waals surface area contributed by atoms with Crippen LogP contribution in [0.4, 0.5) is 0 Å². The summed E-state index contributed by atoms with van der Waals surface area (Å²) in [7, 11) is 0. The van der Waals surface area contributed by atoms with E-state index in [-0.39, 0.29) is 0 Å². The third-order valence-electron chi connectivity index (χ3n) is 2.65. The van der Waals surface area contributed by atoms with Gasteiger partial charge in [0.15, 0.2) is 0 Å². The molecule has 0 amide bonds. The average Bonchev–Trinajstić information content (AvgIpc) is 2.10. The first kappa shape index (κ1) is 13.3. The van der Waals surface area contributed by atoms with E-state index in [4.69, 9.17) is 0 Å². The molecule has 0 saturated carbocycles. The van der Waals surface area contributed by atoms with Crippen LogP contribution in [0.25, 0.3) is 0 Å². The maximum absolute atomic E-state index is 3.51. The van der Waals surface area contributed by atoms with Gasteiger partial charge in [0.1, 0.15) is 0 Å². The minimum Gasteiger partial charge on any atom is -0.315 e. The number of thioether (sulfide) groups is 1. The van der Waals surface area contributed by atoms with Gasteiger partial charge in [-0.1, -0.05) is 27.7 Å². The second-order valence-electron chi connectivity index (χ2n) is 5.11. The molecule has 1 N–H and O–H groups in total. The van der Waals surface area contributed by atoms with Crippen LogP contribution in [0.5, 0.6) is 0 Å². The van der Waals surface area contributed by atoms with Crippen LogP contribution >= 0.6 is 11.8 Å². The van der Waals surface area contributed by atoms with E-state index in [2.05, 4.69) is 49.7 Å². The summed E-state index contributed by atoms with van der Waals surface area (Å²) >= 11 is 2.13. The molecule has 0 bridgehead atoms. The fraction of sp³-hybridized carbons (Fsp3) is 1.00. The Kier molecular flexibility index (Phi) is 6.02. The van der Waals surface area contributed by atoms with Gasteiger partial charge in [-0.2, -0.15) is 11.8 Å². The van der Waals surface area contributed by atoms with Crippen LogP contribution in [-0.4, -0.2) is 48.1 Å². The summed E-state index contributed by atoms with van der Waals surface area (Å²) in [6, 6.07) is 0. The van der Waals surface area contributed by atoms with Crippen molar-refractivity contribution in [3.8, 4) is 0 Å². The predicted octanol–water partition coefficient (Wildman–Crippen LogP) is 2.06. The van der Waals surface area contributed by atoms with Crippen molar-refractivity contribution in [2.45, 2.75) is 38.2 Å². The average molecular weight is 230 g/mol. The van der Waals surface area contributed by atoms with Gasteiger partial charge in [-0.05, 0) is 12.5 Å². The minimum atomic E-state index is 0.764. The lowest BCUT2D eigenvalue weighted by Crippen LogP contribution is -2.43. The molecule has 2 atom stereocenters. The summed E-state index contributed by atoms with van der Waals surface area (Å²) < 4.78 is 0. The van der Waals surface area contributed by atoms with Gasteiger partial charge in [0.2, 0.25) is 0 Å². The van der Waals surface area contributed by atoms with Crippen molar-refractivity contribution in [2.75, 3.05) is 32.7 Å². The summed E-state index contributed by atoms with van der Waals surface area (Å²) in [6.07, 6.45) is 0. The summed E-state index contributed by atoms with van der Waals surface area (Å²) in [5, 5.41) is 5.12. The van der Waals surface area contributed by atoms with Gasteiger partial charge >= 0.3 is 0 Å². The number of nitrogens with zero attached hydrogens (tertiary/aromatic N) is 1. The van der Waals surface area contributed by atoms with Gasteiger partial charge < -0.3 is 5.32 Å². The number of nitrogens with one attached hydrogen (secondary N) is 1. The lowest BCUT2D eigenvalue weighted by molar-refractivity contribution is 0.269. The van der Waals surface area contributed by atoms with Crippen LogP contribution in [0.1, 0.15) is 27.7 Å². The summed E-state index contributed by atoms with van der Waals surface area (Å²) in [5.74, 6) is 0.764. The molecule has 1 saturated heterocycles. The number of hydrogen-bond acceptors (Lipinski definition) is 3. The highest BCUT2D eigenvalue weighted by Gasteiger charge is 2.21. The maximum atomic E-state index is 3.51. The van der Waals surface area contributed by atoms with E-state index in [1.165, 1.54) is 19.6 Å². The van der Waals surface area contributed by atoms with Crippen LogP contribution in [0.3, 0.4) is 0 Å². The molecule has 0 spiro atoms. The van der Waals surface area contributed by atoms with Gasteiger partial charge in [0.25, 0.3) is 0 Å². The van der Waals surface area contributed by atoms with E-state index < -0.39 is 0 Å². The standard InChI is InChI=1S/C12H26N2S/c1-10(2)7-13-5-6-14-8-11(3)15-12(4)9-14/h10-13H,5-9H2,1-4H3. The highest BCUT2D eigenvalue weighted by molar-refractivity contribution is 8.00. The Balaban J connectivity index is 2.10. The molecule has 2 unspecified atom stereocenters. The van der Waals surface area contributed by atoms with Crippen molar-refractivity contribution in [3.05, 3.63) is 0 Å². The minimum absolute atomic E-state index is 0.764. The fourth-order valence-electron chi connectivity index (χ4n) is 2.09. The van der Waals surface area contributed by atoms with Crippen LogP contribution in [0.15, 0.2) is 0 Å². The number of hydrogen-bond donors (Lipinski definition) is 1. The van der Waals surface area contributed by atoms with Gasteiger partial charge in [0, 0.05) is 36.7 Å². The van der Waals surface area contributed by atoms with E-state index in [0.29, 0.717) is 0 Å². The van der Waals surface area contributed by atoms with Crippen molar-refractivity contribution in [3.63, 3.8) is 0 Å². The maximum Gasteiger partial charge on any atom is 0.0149 e.